The summed E-state index contributed by atoms with van der Waals surface area (Å²) in [6.45, 7) is 9.06. The average Bonchev–Trinajstić information content (AvgIpc) is 2.56. The molecule has 0 aromatic rings. The Morgan fingerprint density at radius 2 is 0.808 bits per heavy atom. The van der Waals surface area contributed by atoms with Crippen LogP contribution >= 0.6 is 0 Å². The van der Waals surface area contributed by atoms with E-state index < -0.39 is 0 Å². The van der Waals surface area contributed by atoms with Crippen molar-refractivity contribution in [3.8, 4) is 0 Å². The summed E-state index contributed by atoms with van der Waals surface area (Å²) in [4.78, 5) is 0. The maximum absolute atomic E-state index is 2.31. The third-order valence-electron chi connectivity index (χ3n) is 3.66. The van der Waals surface area contributed by atoms with Gasteiger partial charge in [-0.2, -0.15) is 0 Å². The van der Waals surface area contributed by atoms with E-state index in [1.54, 1.807) is 0 Å². The zero-order chi connectivity index (χ0) is 18.6. The van der Waals surface area contributed by atoms with Crippen molar-refractivity contribution < 1.29 is 0 Å². The van der Waals surface area contributed by atoms with E-state index in [2.05, 4.69) is 101 Å². The first kappa shape index (κ1) is 26.7. The van der Waals surface area contributed by atoms with Crippen molar-refractivity contribution in [1.82, 2.24) is 0 Å². The molecule has 0 heteroatoms. The van der Waals surface area contributed by atoms with Gasteiger partial charge in [0.05, 0.1) is 0 Å². The Bertz CT molecular complexity index is 447. The highest BCUT2D eigenvalue weighted by Gasteiger charge is 2.07. The van der Waals surface area contributed by atoms with E-state index in [0.717, 1.165) is 38.5 Å². The monoisotopic (exact) mass is 356 g/mol. The molecule has 0 atom stereocenters. The topological polar surface area (TPSA) is 0 Å². The second-order valence-corrected chi connectivity index (χ2v) is 7.51. The third kappa shape index (κ3) is 24.7. The molecule has 0 rings (SSSR count). The summed E-state index contributed by atoms with van der Waals surface area (Å²) in [6.07, 6.45) is 35.7. The maximum atomic E-state index is 2.31. The summed E-state index contributed by atoms with van der Waals surface area (Å²) in [7, 11) is 0. The van der Waals surface area contributed by atoms with Crippen LogP contribution in [0.1, 0.15) is 86.5 Å². The molecule has 0 N–H and O–H groups in total. The minimum Gasteiger partial charge on any atom is -0.0885 e. The molecule has 0 aromatic heterocycles. The fourth-order valence-corrected chi connectivity index (χ4v) is 2.16. The smallest absolute Gasteiger partial charge is 0.0169 e. The van der Waals surface area contributed by atoms with Gasteiger partial charge in [-0.25, -0.2) is 0 Å². The molecule has 0 bridgehead atoms. The Morgan fingerprint density at radius 1 is 0.500 bits per heavy atom. The summed E-state index contributed by atoms with van der Waals surface area (Å²) in [5, 5.41) is 0. The van der Waals surface area contributed by atoms with Crippen LogP contribution in [-0.4, -0.2) is 0 Å². The minimum absolute atomic E-state index is 0. The van der Waals surface area contributed by atoms with E-state index in [1.165, 1.54) is 12.8 Å². The largest absolute Gasteiger partial charge is 0.0885 e. The summed E-state index contributed by atoms with van der Waals surface area (Å²) >= 11 is 0. The molecule has 0 aliphatic heterocycles. The molecule has 26 heavy (non-hydrogen) atoms. The zero-order valence-electron chi connectivity index (χ0n) is 17.1. The van der Waals surface area contributed by atoms with Crippen LogP contribution in [0, 0.1) is 5.41 Å². The van der Waals surface area contributed by atoms with Crippen molar-refractivity contribution in [1.29, 1.82) is 0 Å². The highest BCUT2D eigenvalue weighted by atomic mass is 14.1. The lowest BCUT2D eigenvalue weighted by atomic mass is 9.90. The van der Waals surface area contributed by atoms with Gasteiger partial charge in [-0.05, 0) is 56.8 Å². The lowest BCUT2D eigenvalue weighted by molar-refractivity contribution is 0.381. The SMILES string of the molecule is C.CC/C=C\C/C=C\C/C=C\C/C=C\C/C=C\C/C=C\CCC(C)(C)C. The molecule has 148 valence electrons. The van der Waals surface area contributed by atoms with Gasteiger partial charge in [-0.1, -0.05) is 108 Å². The third-order valence-corrected chi connectivity index (χ3v) is 3.66. The molecule has 0 aliphatic rings. The molecule has 0 heterocycles. The Labute approximate surface area is 165 Å². The lowest BCUT2D eigenvalue weighted by Crippen LogP contribution is -2.02. The number of allylic oxidation sites excluding steroid dienone is 12. The highest BCUT2D eigenvalue weighted by molar-refractivity contribution is 5.01. The van der Waals surface area contributed by atoms with Gasteiger partial charge in [0.15, 0.2) is 0 Å². The summed E-state index contributed by atoms with van der Waals surface area (Å²) < 4.78 is 0. The molecule has 0 aliphatic carbocycles. The predicted octanol–water partition coefficient (Wildman–Crippen LogP) is 9.15. The van der Waals surface area contributed by atoms with Gasteiger partial charge >= 0.3 is 0 Å². The van der Waals surface area contributed by atoms with Crippen molar-refractivity contribution in [3.05, 3.63) is 72.9 Å². The van der Waals surface area contributed by atoms with E-state index in [9.17, 15) is 0 Å². The fourth-order valence-electron chi connectivity index (χ4n) is 2.16. The van der Waals surface area contributed by atoms with E-state index >= 15 is 0 Å². The van der Waals surface area contributed by atoms with Crippen molar-refractivity contribution in [2.75, 3.05) is 0 Å². The molecule has 0 amide bonds. The molecular formula is C26H44. The maximum Gasteiger partial charge on any atom is -0.0169 e. The van der Waals surface area contributed by atoms with Crippen LogP contribution in [0.2, 0.25) is 0 Å². The van der Waals surface area contributed by atoms with Crippen LogP contribution in [-0.2, 0) is 0 Å². The second kappa shape index (κ2) is 19.8. The molecule has 0 nitrogen and oxygen atoms in total. The fraction of sp³-hybridized carbons (Fsp3) is 0.538. The average molecular weight is 357 g/mol. The van der Waals surface area contributed by atoms with E-state index in [0.29, 0.717) is 5.41 Å². The van der Waals surface area contributed by atoms with Gasteiger partial charge in [-0.3, -0.25) is 0 Å². The Hall–Kier alpha value is -1.56. The number of rotatable bonds is 13. The van der Waals surface area contributed by atoms with Crippen molar-refractivity contribution in [3.63, 3.8) is 0 Å². The van der Waals surface area contributed by atoms with Gasteiger partial charge in [0, 0.05) is 0 Å². The lowest BCUT2D eigenvalue weighted by Gasteiger charge is -2.15. The molecular weight excluding hydrogens is 312 g/mol. The van der Waals surface area contributed by atoms with Gasteiger partial charge in [0.25, 0.3) is 0 Å². The van der Waals surface area contributed by atoms with Crippen molar-refractivity contribution in [2.24, 2.45) is 5.41 Å². The molecule has 0 radical (unpaired) electrons. The van der Waals surface area contributed by atoms with Crippen LogP contribution in [0.25, 0.3) is 0 Å². The minimum atomic E-state index is 0. The van der Waals surface area contributed by atoms with Crippen LogP contribution in [0.15, 0.2) is 72.9 Å². The number of hydrogen-bond donors (Lipinski definition) is 0. The Balaban J connectivity index is 0. The standard InChI is InChI=1S/C25H40.CH4/c1-5-6-7-8-9-10-11-12-13-14-15-16-17-18-19-20-21-22-23-24-25(2,3)4;/h6-7,9-10,12-13,15-16,18-19,21-22H,5,8,11,14,17,20,23-24H2,1-4H3;1H4/b7-6-,10-9-,13-12-,16-15-,19-18-,22-21-;. The molecule has 0 aromatic carbocycles. The molecule has 0 saturated carbocycles. The van der Waals surface area contributed by atoms with Crippen LogP contribution < -0.4 is 0 Å². The summed E-state index contributed by atoms with van der Waals surface area (Å²) in [5.41, 5.74) is 0.446. The van der Waals surface area contributed by atoms with Gasteiger partial charge in [0.2, 0.25) is 0 Å². The summed E-state index contributed by atoms with van der Waals surface area (Å²) in [5.74, 6) is 0. The first-order chi connectivity index (χ1) is 12.1. The van der Waals surface area contributed by atoms with Crippen LogP contribution in [0.3, 0.4) is 0 Å². The molecule has 0 unspecified atom stereocenters. The van der Waals surface area contributed by atoms with Gasteiger partial charge in [0.1, 0.15) is 0 Å². The van der Waals surface area contributed by atoms with Gasteiger partial charge in [-0.15, -0.1) is 0 Å². The first-order valence-electron chi connectivity index (χ1n) is 9.96. The predicted molar refractivity (Wildman–Crippen MR) is 124 cm³/mol. The van der Waals surface area contributed by atoms with Crippen molar-refractivity contribution >= 4 is 0 Å². The van der Waals surface area contributed by atoms with Gasteiger partial charge < -0.3 is 0 Å². The first-order valence-corrected chi connectivity index (χ1v) is 9.96. The molecule has 0 fully saturated rings. The molecule has 0 saturated heterocycles. The number of hydrogen-bond acceptors (Lipinski definition) is 0. The van der Waals surface area contributed by atoms with Crippen LogP contribution in [0.5, 0.6) is 0 Å². The normalized spacial score (nSPS) is 13.4. The summed E-state index contributed by atoms with van der Waals surface area (Å²) in [6, 6.07) is 0. The highest BCUT2D eigenvalue weighted by Crippen LogP contribution is 2.20. The quantitative estimate of drug-likeness (QED) is 0.288. The Kier molecular flexibility index (Phi) is 20.3. The van der Waals surface area contributed by atoms with E-state index in [1.807, 2.05) is 0 Å². The Morgan fingerprint density at radius 3 is 1.12 bits per heavy atom. The van der Waals surface area contributed by atoms with E-state index in [4.69, 9.17) is 0 Å². The molecule has 0 spiro atoms. The van der Waals surface area contributed by atoms with Crippen molar-refractivity contribution in [2.45, 2.75) is 86.5 Å². The van der Waals surface area contributed by atoms with E-state index in [-0.39, 0.29) is 7.43 Å². The zero-order valence-corrected chi connectivity index (χ0v) is 17.1. The van der Waals surface area contributed by atoms with Crippen LogP contribution in [0.4, 0.5) is 0 Å². The second-order valence-electron chi connectivity index (χ2n) is 7.51.